The quantitative estimate of drug-likeness (QED) is 0.318. The molecule has 5 rings (SSSR count). The number of nitrogens with one attached hydrogen (secondary N) is 1. The van der Waals surface area contributed by atoms with Crippen molar-refractivity contribution in [2.45, 2.75) is 64.4 Å². The third-order valence-electron chi connectivity index (χ3n) is 8.01. The number of aliphatic hydroxyl groups excluding tert-OH is 1. The average Bonchev–Trinajstić information content (AvgIpc) is 3.03. The molecule has 1 fully saturated rings. The van der Waals surface area contributed by atoms with E-state index in [1.807, 2.05) is 42.5 Å². The minimum Gasteiger partial charge on any atom is -0.493 e. The maximum Gasteiger partial charge on any atom is 0.303 e. The number of carbonyl (C=O) groups excluding carboxylic acids is 2. The first-order chi connectivity index (χ1) is 21.3. The standard InChI is InChI=1S/C34H40N2O8/c1-21(42-22(2)38)33(39)35-28-7-5-6-26(14-28)34-43-29(17-30(44-34)24-10-8-23(20-37)9-11-24)19-36-13-12-25-15-31(40-3)32(41-4)16-27(25)18-36/h5-11,14-16,21,29-30,34,37H,12-13,17-20H2,1-4H3,(H,35,39)/t21-,29+,30-,34-/m0/s1. The lowest BCUT2D eigenvalue weighted by atomic mass is 9.97. The molecule has 2 aliphatic rings. The number of hydrogen-bond acceptors (Lipinski definition) is 9. The molecule has 2 N–H and O–H groups in total. The van der Waals surface area contributed by atoms with Gasteiger partial charge < -0.3 is 34.1 Å². The molecule has 4 atom stereocenters. The van der Waals surface area contributed by atoms with E-state index < -0.39 is 24.3 Å². The van der Waals surface area contributed by atoms with Gasteiger partial charge in [-0.05, 0) is 59.9 Å². The third-order valence-corrected chi connectivity index (χ3v) is 8.01. The first-order valence-corrected chi connectivity index (χ1v) is 14.8. The molecule has 2 heterocycles. The van der Waals surface area contributed by atoms with E-state index in [-0.39, 0.29) is 18.8 Å². The van der Waals surface area contributed by atoms with E-state index in [0.29, 0.717) is 18.7 Å². The minimum atomic E-state index is -0.926. The fourth-order valence-corrected chi connectivity index (χ4v) is 5.73. The predicted molar refractivity (Wildman–Crippen MR) is 163 cm³/mol. The van der Waals surface area contributed by atoms with Crippen LogP contribution in [0, 0.1) is 0 Å². The Morgan fingerprint density at radius 1 is 1.00 bits per heavy atom. The van der Waals surface area contributed by atoms with Crippen molar-refractivity contribution in [2.75, 3.05) is 32.6 Å². The van der Waals surface area contributed by atoms with E-state index in [4.69, 9.17) is 23.7 Å². The molecule has 0 bridgehead atoms. The van der Waals surface area contributed by atoms with Crippen LogP contribution in [0.2, 0.25) is 0 Å². The summed E-state index contributed by atoms with van der Waals surface area (Å²) >= 11 is 0. The van der Waals surface area contributed by atoms with Crippen LogP contribution in [0.3, 0.4) is 0 Å². The molecule has 10 nitrogen and oxygen atoms in total. The van der Waals surface area contributed by atoms with Gasteiger partial charge in [0.2, 0.25) is 0 Å². The lowest BCUT2D eigenvalue weighted by Gasteiger charge is -2.39. The Labute approximate surface area is 257 Å². The summed E-state index contributed by atoms with van der Waals surface area (Å²) in [5.74, 6) is 0.508. The van der Waals surface area contributed by atoms with Gasteiger partial charge in [0, 0.05) is 44.2 Å². The lowest BCUT2D eigenvalue weighted by molar-refractivity contribution is -0.253. The van der Waals surface area contributed by atoms with Crippen LogP contribution in [0.4, 0.5) is 5.69 Å². The highest BCUT2D eigenvalue weighted by Gasteiger charge is 2.34. The number of hydrogen-bond donors (Lipinski definition) is 2. The number of anilines is 1. The molecule has 1 saturated heterocycles. The number of esters is 1. The second-order valence-electron chi connectivity index (χ2n) is 11.2. The Hall–Kier alpha value is -3.96. The number of benzene rings is 3. The van der Waals surface area contributed by atoms with Gasteiger partial charge in [0.15, 0.2) is 23.9 Å². The van der Waals surface area contributed by atoms with Gasteiger partial charge in [-0.15, -0.1) is 0 Å². The van der Waals surface area contributed by atoms with Gasteiger partial charge in [0.25, 0.3) is 5.91 Å². The van der Waals surface area contributed by atoms with Crippen molar-refractivity contribution < 1.29 is 38.4 Å². The second-order valence-corrected chi connectivity index (χ2v) is 11.2. The minimum absolute atomic E-state index is 0.0259. The summed E-state index contributed by atoms with van der Waals surface area (Å²) in [7, 11) is 3.30. The Bertz CT molecular complexity index is 1460. The van der Waals surface area contributed by atoms with Crippen molar-refractivity contribution in [1.82, 2.24) is 4.90 Å². The highest BCUT2D eigenvalue weighted by molar-refractivity contribution is 5.95. The van der Waals surface area contributed by atoms with Crippen LogP contribution in [0.1, 0.15) is 60.5 Å². The zero-order valence-corrected chi connectivity index (χ0v) is 25.6. The second kappa shape index (κ2) is 14.2. The number of aliphatic hydroxyl groups is 1. The van der Waals surface area contributed by atoms with Gasteiger partial charge >= 0.3 is 5.97 Å². The summed E-state index contributed by atoms with van der Waals surface area (Å²) in [4.78, 5) is 26.2. The largest absolute Gasteiger partial charge is 0.493 e. The summed E-state index contributed by atoms with van der Waals surface area (Å²) in [6, 6.07) is 19.2. The Morgan fingerprint density at radius 3 is 2.41 bits per heavy atom. The average molecular weight is 605 g/mol. The van der Waals surface area contributed by atoms with Crippen LogP contribution in [0.15, 0.2) is 60.7 Å². The molecule has 3 aromatic carbocycles. The van der Waals surface area contributed by atoms with Crippen LogP contribution in [0.25, 0.3) is 0 Å². The summed E-state index contributed by atoms with van der Waals surface area (Å²) in [6.07, 6.45) is -0.441. The van der Waals surface area contributed by atoms with E-state index in [9.17, 15) is 14.7 Å². The number of carbonyl (C=O) groups is 2. The van der Waals surface area contributed by atoms with Crippen LogP contribution in [-0.2, 0) is 43.4 Å². The van der Waals surface area contributed by atoms with E-state index in [1.54, 1.807) is 20.3 Å². The fraction of sp³-hybridized carbons (Fsp3) is 0.412. The van der Waals surface area contributed by atoms with Crippen LogP contribution >= 0.6 is 0 Å². The topological polar surface area (TPSA) is 116 Å². The molecule has 0 aliphatic carbocycles. The zero-order valence-electron chi connectivity index (χ0n) is 25.6. The highest BCUT2D eigenvalue weighted by atomic mass is 16.7. The number of nitrogens with zero attached hydrogens (tertiary/aromatic N) is 1. The number of methoxy groups -OCH3 is 2. The predicted octanol–water partition coefficient (Wildman–Crippen LogP) is 4.69. The number of ether oxygens (including phenoxy) is 5. The van der Waals surface area contributed by atoms with Crippen molar-refractivity contribution in [3.8, 4) is 11.5 Å². The summed E-state index contributed by atoms with van der Waals surface area (Å²) in [5, 5.41) is 12.3. The Balaban J connectivity index is 1.35. The van der Waals surface area contributed by atoms with E-state index in [2.05, 4.69) is 22.3 Å². The molecule has 0 radical (unpaired) electrons. The zero-order chi connectivity index (χ0) is 31.2. The van der Waals surface area contributed by atoms with Gasteiger partial charge in [-0.1, -0.05) is 36.4 Å². The maximum absolute atomic E-state index is 12.6. The molecule has 1 amide bonds. The number of rotatable bonds is 10. The van der Waals surface area contributed by atoms with E-state index in [1.165, 1.54) is 25.0 Å². The first kappa shape index (κ1) is 31.5. The summed E-state index contributed by atoms with van der Waals surface area (Å²) in [6.45, 7) is 5.11. The summed E-state index contributed by atoms with van der Waals surface area (Å²) < 4.78 is 29.1. The van der Waals surface area contributed by atoms with Crippen LogP contribution in [0.5, 0.6) is 11.5 Å². The molecular weight excluding hydrogens is 564 g/mol. The number of amides is 1. The van der Waals surface area contributed by atoms with Crippen molar-refractivity contribution in [1.29, 1.82) is 0 Å². The Morgan fingerprint density at radius 2 is 1.73 bits per heavy atom. The molecule has 44 heavy (non-hydrogen) atoms. The van der Waals surface area contributed by atoms with Crippen molar-refractivity contribution >= 4 is 17.6 Å². The molecule has 0 saturated carbocycles. The van der Waals surface area contributed by atoms with Crippen molar-refractivity contribution in [3.63, 3.8) is 0 Å². The molecule has 10 heteroatoms. The molecule has 0 spiro atoms. The Kier molecular flexibility index (Phi) is 10.2. The van der Waals surface area contributed by atoms with Crippen LogP contribution in [-0.4, -0.2) is 61.4 Å². The maximum atomic E-state index is 12.6. The van der Waals surface area contributed by atoms with Crippen LogP contribution < -0.4 is 14.8 Å². The van der Waals surface area contributed by atoms with Gasteiger partial charge in [-0.25, -0.2) is 0 Å². The lowest BCUT2D eigenvalue weighted by Crippen LogP contribution is -2.41. The summed E-state index contributed by atoms with van der Waals surface area (Å²) in [5.41, 5.74) is 5.60. The van der Waals surface area contributed by atoms with Crippen molar-refractivity contribution in [3.05, 3.63) is 88.5 Å². The van der Waals surface area contributed by atoms with Gasteiger partial charge in [-0.3, -0.25) is 14.5 Å². The van der Waals surface area contributed by atoms with Gasteiger partial charge in [-0.2, -0.15) is 0 Å². The van der Waals surface area contributed by atoms with Crippen molar-refractivity contribution in [2.24, 2.45) is 0 Å². The molecule has 234 valence electrons. The van der Waals surface area contributed by atoms with E-state index in [0.717, 1.165) is 47.7 Å². The third kappa shape index (κ3) is 7.57. The molecule has 0 aromatic heterocycles. The van der Waals surface area contributed by atoms with E-state index >= 15 is 0 Å². The molecule has 3 aromatic rings. The smallest absolute Gasteiger partial charge is 0.303 e. The molecule has 2 aliphatic heterocycles. The van der Waals surface area contributed by atoms with Gasteiger partial charge in [0.1, 0.15) is 0 Å². The normalized spacial score (nSPS) is 20.7. The SMILES string of the molecule is COc1cc2c(cc1OC)CN(C[C@H]1C[C@@H](c3ccc(CO)cc3)O[C@@H](c3cccc(NC(=O)[C@H](C)OC(C)=O)c3)O1)CC2. The molecular formula is C34H40N2O8. The monoisotopic (exact) mass is 604 g/mol. The highest BCUT2D eigenvalue weighted by Crippen LogP contribution is 2.39. The van der Waals surface area contributed by atoms with Gasteiger partial charge in [0.05, 0.1) is 33.0 Å². The fourth-order valence-electron chi connectivity index (χ4n) is 5.73. The molecule has 0 unspecified atom stereocenters. The number of fused-ring (bicyclic) bond motifs is 1. The first-order valence-electron chi connectivity index (χ1n) is 14.8.